The number of pyridine rings is 1. The summed E-state index contributed by atoms with van der Waals surface area (Å²) >= 11 is 5.98. The fraction of sp³-hybridized carbons (Fsp3) is 0.167. The van der Waals surface area contributed by atoms with Crippen LogP contribution in [0.4, 0.5) is 0 Å². The van der Waals surface area contributed by atoms with Crippen LogP contribution in [0.2, 0.25) is 5.02 Å². The van der Waals surface area contributed by atoms with E-state index in [1.807, 2.05) is 0 Å². The molecule has 3 rings (SSSR count). The van der Waals surface area contributed by atoms with Crippen molar-refractivity contribution in [1.82, 2.24) is 15.6 Å². The highest BCUT2D eigenvalue weighted by molar-refractivity contribution is 6.31. The van der Waals surface area contributed by atoms with Gasteiger partial charge in [-0.05, 0) is 43.3 Å². The molecule has 0 unspecified atom stereocenters. The SMILES string of the molecule is Cc1nc2ccc(Cl)cc2cc1C(=O)NCC(=O)NCc1ccco1. The molecule has 0 bridgehead atoms. The van der Waals surface area contributed by atoms with Crippen LogP contribution >= 0.6 is 11.6 Å². The number of rotatable bonds is 5. The molecule has 2 amide bonds. The van der Waals surface area contributed by atoms with Gasteiger partial charge >= 0.3 is 0 Å². The number of amides is 2. The monoisotopic (exact) mass is 357 g/mol. The van der Waals surface area contributed by atoms with E-state index in [0.29, 0.717) is 22.0 Å². The van der Waals surface area contributed by atoms with Crippen molar-refractivity contribution >= 4 is 34.3 Å². The number of benzene rings is 1. The smallest absolute Gasteiger partial charge is 0.253 e. The minimum Gasteiger partial charge on any atom is -0.467 e. The molecular formula is C18H16ClN3O3. The van der Waals surface area contributed by atoms with Crippen LogP contribution in [0, 0.1) is 6.92 Å². The maximum absolute atomic E-state index is 12.3. The quantitative estimate of drug-likeness (QED) is 0.735. The molecule has 0 radical (unpaired) electrons. The summed E-state index contributed by atoms with van der Waals surface area (Å²) in [4.78, 5) is 28.6. The summed E-state index contributed by atoms with van der Waals surface area (Å²) in [5.41, 5.74) is 1.76. The number of fused-ring (bicyclic) bond motifs is 1. The van der Waals surface area contributed by atoms with Gasteiger partial charge in [-0.3, -0.25) is 14.6 Å². The van der Waals surface area contributed by atoms with E-state index in [2.05, 4.69) is 15.6 Å². The van der Waals surface area contributed by atoms with Gasteiger partial charge in [0.15, 0.2) is 0 Å². The number of furan rings is 1. The van der Waals surface area contributed by atoms with Crippen molar-refractivity contribution in [3.8, 4) is 0 Å². The maximum atomic E-state index is 12.3. The van der Waals surface area contributed by atoms with Crippen LogP contribution in [0.15, 0.2) is 47.1 Å². The van der Waals surface area contributed by atoms with Gasteiger partial charge in [-0.25, -0.2) is 0 Å². The van der Waals surface area contributed by atoms with Gasteiger partial charge < -0.3 is 15.1 Å². The largest absolute Gasteiger partial charge is 0.467 e. The summed E-state index contributed by atoms with van der Waals surface area (Å²) in [7, 11) is 0. The fourth-order valence-corrected chi connectivity index (χ4v) is 2.57. The van der Waals surface area contributed by atoms with Gasteiger partial charge in [0.05, 0.1) is 36.1 Å². The van der Waals surface area contributed by atoms with E-state index in [-0.39, 0.29) is 24.9 Å². The van der Waals surface area contributed by atoms with Crippen LogP contribution in [-0.4, -0.2) is 23.3 Å². The Morgan fingerprint density at radius 2 is 2.04 bits per heavy atom. The van der Waals surface area contributed by atoms with E-state index in [1.54, 1.807) is 43.3 Å². The van der Waals surface area contributed by atoms with Gasteiger partial charge in [-0.15, -0.1) is 0 Å². The zero-order valence-corrected chi connectivity index (χ0v) is 14.3. The van der Waals surface area contributed by atoms with E-state index in [0.717, 1.165) is 10.9 Å². The van der Waals surface area contributed by atoms with Gasteiger partial charge in [0.2, 0.25) is 5.91 Å². The van der Waals surface area contributed by atoms with Gasteiger partial charge in [0.1, 0.15) is 5.76 Å². The Bertz CT molecular complexity index is 923. The molecule has 0 aliphatic rings. The van der Waals surface area contributed by atoms with Crippen molar-refractivity contribution in [3.05, 3.63) is 64.7 Å². The number of hydrogen-bond acceptors (Lipinski definition) is 4. The summed E-state index contributed by atoms with van der Waals surface area (Å²) in [5.74, 6) is -0.0228. The summed E-state index contributed by atoms with van der Waals surface area (Å²) in [5, 5.41) is 6.60. The summed E-state index contributed by atoms with van der Waals surface area (Å²) in [6, 6.07) is 10.5. The number of aryl methyl sites for hydroxylation is 1. The van der Waals surface area contributed by atoms with Crippen LogP contribution in [0.25, 0.3) is 10.9 Å². The first kappa shape index (κ1) is 17.0. The van der Waals surface area contributed by atoms with Crippen molar-refractivity contribution in [2.45, 2.75) is 13.5 Å². The predicted octanol–water partition coefficient (Wildman–Crippen LogP) is 2.84. The number of carbonyl (C=O) groups excluding carboxylic acids is 2. The molecule has 7 heteroatoms. The third-order valence-electron chi connectivity index (χ3n) is 3.66. The molecule has 0 atom stereocenters. The summed E-state index contributed by atoms with van der Waals surface area (Å²) in [6.45, 7) is 1.89. The Hall–Kier alpha value is -2.86. The average molecular weight is 358 g/mol. The van der Waals surface area contributed by atoms with E-state index in [1.165, 1.54) is 6.26 Å². The van der Waals surface area contributed by atoms with Crippen molar-refractivity contribution in [1.29, 1.82) is 0 Å². The number of hydrogen-bond donors (Lipinski definition) is 2. The van der Waals surface area contributed by atoms with Crippen LogP contribution in [0.5, 0.6) is 0 Å². The van der Waals surface area contributed by atoms with Crippen molar-refractivity contribution in [2.24, 2.45) is 0 Å². The van der Waals surface area contributed by atoms with Gasteiger partial charge in [-0.2, -0.15) is 0 Å². The average Bonchev–Trinajstić information content (AvgIpc) is 3.11. The van der Waals surface area contributed by atoms with Crippen LogP contribution < -0.4 is 10.6 Å². The standard InChI is InChI=1S/C18H16ClN3O3/c1-11-15(8-12-7-13(19)4-5-16(12)22-11)18(24)21-10-17(23)20-9-14-3-2-6-25-14/h2-8H,9-10H2,1H3,(H,20,23)(H,21,24). The Kier molecular flexibility index (Phi) is 5.00. The maximum Gasteiger partial charge on any atom is 0.253 e. The second-order valence-corrected chi connectivity index (χ2v) is 5.93. The highest BCUT2D eigenvalue weighted by atomic mass is 35.5. The summed E-state index contributed by atoms with van der Waals surface area (Å²) in [6.07, 6.45) is 1.53. The lowest BCUT2D eigenvalue weighted by molar-refractivity contribution is -0.120. The Morgan fingerprint density at radius 3 is 2.80 bits per heavy atom. The van der Waals surface area contributed by atoms with Crippen molar-refractivity contribution in [2.75, 3.05) is 6.54 Å². The van der Waals surface area contributed by atoms with Crippen LogP contribution in [0.3, 0.4) is 0 Å². The van der Waals surface area contributed by atoms with Crippen LogP contribution in [0.1, 0.15) is 21.8 Å². The highest BCUT2D eigenvalue weighted by Crippen LogP contribution is 2.20. The molecule has 3 aromatic rings. The molecular weight excluding hydrogens is 342 g/mol. The fourth-order valence-electron chi connectivity index (χ4n) is 2.39. The van der Waals surface area contributed by atoms with E-state index in [4.69, 9.17) is 16.0 Å². The van der Waals surface area contributed by atoms with E-state index in [9.17, 15) is 9.59 Å². The molecule has 6 nitrogen and oxygen atoms in total. The molecule has 0 aliphatic heterocycles. The third kappa shape index (κ3) is 4.16. The van der Waals surface area contributed by atoms with Gasteiger partial charge in [0.25, 0.3) is 5.91 Å². The molecule has 0 saturated heterocycles. The van der Waals surface area contributed by atoms with E-state index >= 15 is 0 Å². The normalized spacial score (nSPS) is 10.6. The zero-order valence-electron chi connectivity index (χ0n) is 13.5. The molecule has 0 saturated carbocycles. The number of aromatic nitrogens is 1. The molecule has 128 valence electrons. The minimum absolute atomic E-state index is 0.132. The van der Waals surface area contributed by atoms with E-state index < -0.39 is 0 Å². The third-order valence-corrected chi connectivity index (χ3v) is 3.90. The molecule has 0 aliphatic carbocycles. The molecule has 25 heavy (non-hydrogen) atoms. The van der Waals surface area contributed by atoms with Crippen molar-refractivity contribution < 1.29 is 14.0 Å². The van der Waals surface area contributed by atoms with Crippen molar-refractivity contribution in [3.63, 3.8) is 0 Å². The number of nitrogens with zero attached hydrogens (tertiary/aromatic N) is 1. The molecule has 2 aromatic heterocycles. The predicted molar refractivity (Wildman–Crippen MR) is 94.4 cm³/mol. The first-order valence-corrected chi connectivity index (χ1v) is 8.05. The molecule has 2 N–H and O–H groups in total. The molecule has 0 fully saturated rings. The van der Waals surface area contributed by atoms with Crippen LogP contribution in [-0.2, 0) is 11.3 Å². The topological polar surface area (TPSA) is 84.2 Å². The lowest BCUT2D eigenvalue weighted by Gasteiger charge is -2.09. The number of nitrogens with one attached hydrogen (secondary N) is 2. The summed E-state index contributed by atoms with van der Waals surface area (Å²) < 4.78 is 5.12. The number of carbonyl (C=O) groups is 2. The lowest BCUT2D eigenvalue weighted by Crippen LogP contribution is -2.36. The highest BCUT2D eigenvalue weighted by Gasteiger charge is 2.13. The first-order chi connectivity index (χ1) is 12.0. The molecule has 1 aromatic carbocycles. The minimum atomic E-state index is -0.361. The number of halogens is 1. The lowest BCUT2D eigenvalue weighted by atomic mass is 10.1. The second-order valence-electron chi connectivity index (χ2n) is 5.50. The second kappa shape index (κ2) is 7.36. The Morgan fingerprint density at radius 1 is 1.20 bits per heavy atom. The Labute approximate surface area is 149 Å². The molecule has 2 heterocycles. The van der Waals surface area contributed by atoms with Gasteiger partial charge in [-0.1, -0.05) is 11.6 Å². The zero-order chi connectivity index (χ0) is 17.8. The molecule has 0 spiro atoms. The van der Waals surface area contributed by atoms with Gasteiger partial charge in [0, 0.05) is 10.4 Å². The Balaban J connectivity index is 1.63. The first-order valence-electron chi connectivity index (χ1n) is 7.67.